The van der Waals surface area contributed by atoms with Crippen molar-refractivity contribution in [2.45, 2.75) is 90.9 Å². The lowest BCUT2D eigenvalue weighted by atomic mass is 9.69. The summed E-state index contributed by atoms with van der Waals surface area (Å²) in [6.07, 6.45) is 19.8. The van der Waals surface area contributed by atoms with Crippen molar-refractivity contribution in [1.29, 1.82) is 0 Å². The zero-order chi connectivity index (χ0) is 17.2. The molecule has 2 nitrogen and oxygen atoms in total. The molecular weight excluding hydrogens is 296 g/mol. The molecule has 0 aromatic heterocycles. The van der Waals surface area contributed by atoms with Gasteiger partial charge in [-0.15, -0.1) is 0 Å². The highest BCUT2D eigenvalue weighted by Gasteiger charge is 2.30. The molecule has 0 spiro atoms. The molecule has 0 N–H and O–H groups in total. The van der Waals surface area contributed by atoms with Gasteiger partial charge in [0.1, 0.15) is 0 Å². The van der Waals surface area contributed by atoms with Crippen LogP contribution in [-0.2, 0) is 9.53 Å². The van der Waals surface area contributed by atoms with Crippen molar-refractivity contribution < 1.29 is 9.53 Å². The molecule has 0 heterocycles. The van der Waals surface area contributed by atoms with Crippen LogP contribution >= 0.6 is 0 Å². The molecule has 2 fully saturated rings. The van der Waals surface area contributed by atoms with Gasteiger partial charge >= 0.3 is 5.97 Å². The third kappa shape index (κ3) is 6.61. The summed E-state index contributed by atoms with van der Waals surface area (Å²) in [5.74, 6) is 3.40. The second-order valence-electron chi connectivity index (χ2n) is 8.12. The van der Waals surface area contributed by atoms with Gasteiger partial charge in [0.15, 0.2) is 0 Å². The van der Waals surface area contributed by atoms with E-state index in [9.17, 15) is 4.79 Å². The van der Waals surface area contributed by atoms with Crippen LogP contribution in [0.4, 0.5) is 0 Å². The molecule has 0 aromatic rings. The summed E-state index contributed by atoms with van der Waals surface area (Å²) in [6, 6.07) is 0. The van der Waals surface area contributed by atoms with Crippen LogP contribution in [0, 0.1) is 23.7 Å². The third-order valence-electron chi connectivity index (χ3n) is 6.32. The molecule has 0 bridgehead atoms. The molecule has 2 rings (SSSR count). The lowest BCUT2D eigenvalue weighted by molar-refractivity contribution is -0.137. The second kappa shape index (κ2) is 10.9. The van der Waals surface area contributed by atoms with E-state index in [0.717, 1.165) is 30.6 Å². The Balaban J connectivity index is 1.64. The Bertz CT molecular complexity index is 371. The highest BCUT2D eigenvalue weighted by molar-refractivity contribution is 5.81. The summed E-state index contributed by atoms with van der Waals surface area (Å²) in [5, 5.41) is 0. The molecule has 0 aromatic carbocycles. The number of unbranched alkanes of at least 4 members (excludes halogenated alkanes) is 1. The highest BCUT2D eigenvalue weighted by Crippen LogP contribution is 2.42. The Hall–Kier alpha value is -0.790. The van der Waals surface area contributed by atoms with Crippen LogP contribution in [0.5, 0.6) is 0 Å². The van der Waals surface area contributed by atoms with Crippen molar-refractivity contribution in [2.75, 3.05) is 6.61 Å². The second-order valence-corrected chi connectivity index (χ2v) is 8.12. The molecule has 0 saturated heterocycles. The fourth-order valence-corrected chi connectivity index (χ4v) is 4.75. The third-order valence-corrected chi connectivity index (χ3v) is 6.32. The van der Waals surface area contributed by atoms with Crippen molar-refractivity contribution in [3.63, 3.8) is 0 Å². The smallest absolute Gasteiger partial charge is 0.330 e. The summed E-state index contributed by atoms with van der Waals surface area (Å²) in [5.41, 5.74) is 0. The molecule has 2 heteroatoms. The SMILES string of the molecule is CCCCOC(=O)C=C[C@H]1CC[C@H]([C@H]2CC[C@H](CCC)CC2)CC1. The minimum Gasteiger partial charge on any atom is -0.463 e. The number of esters is 1. The van der Waals surface area contributed by atoms with Gasteiger partial charge in [0, 0.05) is 6.08 Å². The van der Waals surface area contributed by atoms with Crippen LogP contribution in [0.2, 0.25) is 0 Å². The standard InChI is InChI=1S/C22H38O2/c1-3-5-17-24-22(23)16-11-19-9-14-21(15-10-19)20-12-7-18(6-4-2)8-13-20/h11,16,18-21H,3-10,12-15,17H2,1-2H3/t18-,19-,20-,21-. The summed E-state index contributed by atoms with van der Waals surface area (Å²) in [6.45, 7) is 4.99. The van der Waals surface area contributed by atoms with E-state index in [0.29, 0.717) is 12.5 Å². The van der Waals surface area contributed by atoms with Crippen LogP contribution < -0.4 is 0 Å². The first-order chi connectivity index (χ1) is 11.7. The molecule has 2 aliphatic carbocycles. The molecule has 138 valence electrons. The van der Waals surface area contributed by atoms with Gasteiger partial charge in [-0.2, -0.15) is 0 Å². The average Bonchev–Trinajstić information content (AvgIpc) is 2.62. The normalized spacial score (nSPS) is 31.2. The van der Waals surface area contributed by atoms with Crippen LogP contribution in [0.25, 0.3) is 0 Å². The summed E-state index contributed by atoms with van der Waals surface area (Å²) in [7, 11) is 0. The van der Waals surface area contributed by atoms with Gasteiger partial charge in [-0.1, -0.05) is 52.0 Å². The van der Waals surface area contributed by atoms with E-state index in [-0.39, 0.29) is 5.97 Å². The number of hydrogen-bond acceptors (Lipinski definition) is 2. The summed E-state index contributed by atoms with van der Waals surface area (Å²) < 4.78 is 5.19. The maximum atomic E-state index is 11.6. The Labute approximate surface area is 149 Å². The quantitative estimate of drug-likeness (QED) is 0.296. The van der Waals surface area contributed by atoms with E-state index in [2.05, 4.69) is 19.9 Å². The Kier molecular flexibility index (Phi) is 8.91. The first-order valence-corrected chi connectivity index (χ1v) is 10.6. The van der Waals surface area contributed by atoms with E-state index in [1.165, 1.54) is 64.2 Å². The minimum absolute atomic E-state index is 0.153. The average molecular weight is 335 g/mol. The predicted molar refractivity (Wildman–Crippen MR) is 101 cm³/mol. The van der Waals surface area contributed by atoms with Gasteiger partial charge in [-0.05, 0) is 68.6 Å². The number of ether oxygens (including phenoxy) is 1. The van der Waals surface area contributed by atoms with E-state index in [1.54, 1.807) is 6.08 Å². The highest BCUT2D eigenvalue weighted by atomic mass is 16.5. The van der Waals surface area contributed by atoms with Gasteiger partial charge < -0.3 is 4.74 Å². The molecule has 0 unspecified atom stereocenters. The lowest BCUT2D eigenvalue weighted by Gasteiger charge is -2.37. The van der Waals surface area contributed by atoms with E-state index >= 15 is 0 Å². The van der Waals surface area contributed by atoms with Crippen molar-refractivity contribution >= 4 is 5.97 Å². The number of carbonyl (C=O) groups is 1. The first-order valence-electron chi connectivity index (χ1n) is 10.6. The number of rotatable bonds is 8. The number of hydrogen-bond donors (Lipinski definition) is 0. The number of carbonyl (C=O) groups excluding carboxylic acids is 1. The maximum absolute atomic E-state index is 11.6. The molecular formula is C22H38O2. The molecule has 0 aliphatic heterocycles. The largest absolute Gasteiger partial charge is 0.463 e. The molecule has 0 atom stereocenters. The molecule has 0 amide bonds. The zero-order valence-electron chi connectivity index (χ0n) is 16.0. The van der Waals surface area contributed by atoms with Gasteiger partial charge in [0.25, 0.3) is 0 Å². The molecule has 24 heavy (non-hydrogen) atoms. The molecule has 2 saturated carbocycles. The van der Waals surface area contributed by atoms with Gasteiger partial charge in [0.2, 0.25) is 0 Å². The predicted octanol–water partition coefficient (Wildman–Crippen LogP) is 6.30. The topological polar surface area (TPSA) is 26.3 Å². The van der Waals surface area contributed by atoms with Crippen LogP contribution in [0.15, 0.2) is 12.2 Å². The molecule has 2 aliphatic rings. The Morgan fingerprint density at radius 2 is 1.54 bits per heavy atom. The van der Waals surface area contributed by atoms with Crippen molar-refractivity contribution in [3.05, 3.63) is 12.2 Å². The monoisotopic (exact) mass is 334 g/mol. The fourth-order valence-electron chi connectivity index (χ4n) is 4.75. The summed E-state index contributed by atoms with van der Waals surface area (Å²) >= 11 is 0. The van der Waals surface area contributed by atoms with Gasteiger partial charge in [-0.25, -0.2) is 4.79 Å². The van der Waals surface area contributed by atoms with E-state index in [1.807, 2.05) is 0 Å². The van der Waals surface area contributed by atoms with Crippen LogP contribution in [0.1, 0.15) is 90.9 Å². The Morgan fingerprint density at radius 1 is 0.917 bits per heavy atom. The zero-order valence-corrected chi connectivity index (χ0v) is 16.0. The van der Waals surface area contributed by atoms with Crippen molar-refractivity contribution in [1.82, 2.24) is 0 Å². The van der Waals surface area contributed by atoms with E-state index < -0.39 is 0 Å². The van der Waals surface area contributed by atoms with Crippen LogP contribution in [0.3, 0.4) is 0 Å². The van der Waals surface area contributed by atoms with Crippen LogP contribution in [-0.4, -0.2) is 12.6 Å². The Morgan fingerprint density at radius 3 is 2.12 bits per heavy atom. The first kappa shape index (κ1) is 19.5. The fraction of sp³-hybridized carbons (Fsp3) is 0.864. The molecule has 0 radical (unpaired) electrons. The minimum atomic E-state index is -0.153. The lowest BCUT2D eigenvalue weighted by Crippen LogP contribution is -2.25. The maximum Gasteiger partial charge on any atom is 0.330 e. The van der Waals surface area contributed by atoms with Gasteiger partial charge in [-0.3, -0.25) is 0 Å². The van der Waals surface area contributed by atoms with E-state index in [4.69, 9.17) is 4.74 Å². The number of allylic oxidation sites excluding steroid dienone is 1. The van der Waals surface area contributed by atoms with Crippen molar-refractivity contribution in [2.24, 2.45) is 23.7 Å². The summed E-state index contributed by atoms with van der Waals surface area (Å²) in [4.78, 5) is 11.6. The van der Waals surface area contributed by atoms with Gasteiger partial charge in [0.05, 0.1) is 6.61 Å². The van der Waals surface area contributed by atoms with Crippen molar-refractivity contribution in [3.8, 4) is 0 Å².